The summed E-state index contributed by atoms with van der Waals surface area (Å²) >= 11 is 1.96. The Bertz CT molecular complexity index is 307. The van der Waals surface area contributed by atoms with Gasteiger partial charge in [0, 0.05) is 18.3 Å². The van der Waals surface area contributed by atoms with E-state index >= 15 is 0 Å². The molecule has 0 spiro atoms. The monoisotopic (exact) mass is 252 g/mol. The Morgan fingerprint density at radius 3 is 2.94 bits per heavy atom. The second kappa shape index (κ2) is 4.83. The van der Waals surface area contributed by atoms with Crippen molar-refractivity contribution >= 4 is 16.9 Å². The van der Waals surface area contributed by atoms with E-state index in [9.17, 15) is 0 Å². The van der Waals surface area contributed by atoms with Crippen LogP contribution in [0.1, 0.15) is 51.9 Å². The first-order chi connectivity index (χ1) is 8.25. The summed E-state index contributed by atoms with van der Waals surface area (Å²) < 4.78 is 0. The third kappa shape index (κ3) is 2.64. The normalized spacial score (nSPS) is 38.1. The fourth-order valence-corrected chi connectivity index (χ4v) is 4.71. The summed E-state index contributed by atoms with van der Waals surface area (Å²) in [5.41, 5.74) is 0.502. The van der Waals surface area contributed by atoms with E-state index in [1.807, 2.05) is 11.8 Å². The molecule has 96 valence electrons. The molecule has 1 saturated heterocycles. The molecule has 2 atom stereocenters. The minimum atomic E-state index is 0.502. The fourth-order valence-electron chi connectivity index (χ4n) is 3.55. The zero-order valence-corrected chi connectivity index (χ0v) is 11.7. The predicted molar refractivity (Wildman–Crippen MR) is 75.6 cm³/mol. The van der Waals surface area contributed by atoms with Crippen LogP contribution in [0.3, 0.4) is 0 Å². The van der Waals surface area contributed by atoms with Gasteiger partial charge in [0.2, 0.25) is 0 Å². The molecule has 2 nitrogen and oxygen atoms in total. The molecule has 2 saturated carbocycles. The van der Waals surface area contributed by atoms with E-state index in [0.29, 0.717) is 5.41 Å². The lowest BCUT2D eigenvalue weighted by Gasteiger charge is -2.29. The van der Waals surface area contributed by atoms with Gasteiger partial charge in [0.25, 0.3) is 0 Å². The molecule has 3 rings (SSSR count). The second-order valence-electron chi connectivity index (χ2n) is 6.39. The smallest absolute Gasteiger partial charge is 0.156 e. The van der Waals surface area contributed by atoms with Gasteiger partial charge in [-0.25, -0.2) is 0 Å². The first-order valence-corrected chi connectivity index (χ1v) is 8.18. The second-order valence-corrected chi connectivity index (χ2v) is 7.40. The zero-order chi connectivity index (χ0) is 11.7. The molecule has 3 aliphatic rings. The zero-order valence-electron chi connectivity index (χ0n) is 10.9. The Kier molecular flexibility index (Phi) is 3.38. The topological polar surface area (TPSA) is 24.4 Å². The summed E-state index contributed by atoms with van der Waals surface area (Å²) in [7, 11) is 0. The maximum Gasteiger partial charge on any atom is 0.156 e. The average Bonchev–Trinajstić information content (AvgIpc) is 2.95. The quantitative estimate of drug-likeness (QED) is 0.814. The molecular formula is C14H24N2S. The molecule has 0 radical (unpaired) electrons. The van der Waals surface area contributed by atoms with Gasteiger partial charge in [-0.2, -0.15) is 0 Å². The first-order valence-electron chi connectivity index (χ1n) is 7.19. The lowest BCUT2D eigenvalue weighted by atomic mass is 9.89. The summed E-state index contributed by atoms with van der Waals surface area (Å²) in [6, 6.07) is 0.742. The minimum absolute atomic E-state index is 0.502. The number of fused-ring (bicyclic) bond motifs is 1. The molecule has 3 heteroatoms. The maximum absolute atomic E-state index is 4.87. The molecule has 2 unspecified atom stereocenters. The van der Waals surface area contributed by atoms with Crippen LogP contribution in [0.4, 0.5) is 0 Å². The van der Waals surface area contributed by atoms with Crippen LogP contribution in [0.2, 0.25) is 0 Å². The Morgan fingerprint density at radius 1 is 1.29 bits per heavy atom. The van der Waals surface area contributed by atoms with Crippen LogP contribution in [0.25, 0.3) is 0 Å². The van der Waals surface area contributed by atoms with Gasteiger partial charge in [0.15, 0.2) is 5.17 Å². The van der Waals surface area contributed by atoms with Gasteiger partial charge >= 0.3 is 0 Å². The molecule has 2 aliphatic carbocycles. The van der Waals surface area contributed by atoms with Crippen molar-refractivity contribution in [2.75, 3.05) is 12.3 Å². The van der Waals surface area contributed by atoms with Gasteiger partial charge in [-0.1, -0.05) is 37.9 Å². The van der Waals surface area contributed by atoms with Crippen LogP contribution in [-0.4, -0.2) is 23.5 Å². The molecule has 3 fully saturated rings. The van der Waals surface area contributed by atoms with E-state index < -0.39 is 0 Å². The molecule has 17 heavy (non-hydrogen) atoms. The molecule has 0 aromatic rings. The van der Waals surface area contributed by atoms with E-state index in [1.54, 1.807) is 0 Å². The van der Waals surface area contributed by atoms with Crippen LogP contribution >= 0.6 is 11.8 Å². The van der Waals surface area contributed by atoms with Crippen LogP contribution in [0, 0.1) is 11.3 Å². The largest absolute Gasteiger partial charge is 0.362 e. The lowest BCUT2D eigenvalue weighted by Crippen LogP contribution is -2.41. The van der Waals surface area contributed by atoms with Crippen LogP contribution in [0.15, 0.2) is 4.99 Å². The van der Waals surface area contributed by atoms with Crippen LogP contribution in [-0.2, 0) is 0 Å². The van der Waals surface area contributed by atoms with E-state index in [4.69, 9.17) is 4.99 Å². The molecule has 0 amide bonds. The van der Waals surface area contributed by atoms with E-state index in [0.717, 1.165) is 18.5 Å². The van der Waals surface area contributed by atoms with Crippen molar-refractivity contribution in [3.8, 4) is 0 Å². The third-order valence-electron chi connectivity index (χ3n) is 4.82. The number of thioether (sulfide) groups is 1. The molecule has 0 bridgehead atoms. The van der Waals surface area contributed by atoms with E-state index in [1.165, 1.54) is 55.9 Å². The van der Waals surface area contributed by atoms with Gasteiger partial charge in [0.1, 0.15) is 0 Å². The fraction of sp³-hybridized carbons (Fsp3) is 0.929. The summed E-state index contributed by atoms with van der Waals surface area (Å²) in [4.78, 5) is 4.87. The van der Waals surface area contributed by atoms with Crippen molar-refractivity contribution in [3.05, 3.63) is 0 Å². The Hall–Kier alpha value is -0.180. The Morgan fingerprint density at radius 2 is 2.12 bits per heavy atom. The number of aliphatic imine (C=N–C) groups is 1. The maximum atomic E-state index is 4.87. The van der Waals surface area contributed by atoms with E-state index in [-0.39, 0.29) is 0 Å². The minimum Gasteiger partial charge on any atom is -0.362 e. The van der Waals surface area contributed by atoms with Crippen molar-refractivity contribution in [1.29, 1.82) is 0 Å². The summed E-state index contributed by atoms with van der Waals surface area (Å²) in [5, 5.41) is 4.91. The van der Waals surface area contributed by atoms with Gasteiger partial charge in [-0.3, -0.25) is 4.99 Å². The molecule has 1 heterocycles. The van der Waals surface area contributed by atoms with Crippen molar-refractivity contribution in [2.45, 2.75) is 57.9 Å². The van der Waals surface area contributed by atoms with Gasteiger partial charge in [-0.05, 0) is 37.0 Å². The standard InChI is InChI=1S/C14H24N2S/c1-14(7-2-3-8-14)10-15-13-16-12-6-4-5-11(12)9-17-13/h11-12H,2-10H2,1H3,(H,15,16). The molecule has 0 aromatic heterocycles. The number of nitrogens with zero attached hydrogens (tertiary/aromatic N) is 1. The van der Waals surface area contributed by atoms with Gasteiger partial charge in [0.05, 0.1) is 0 Å². The van der Waals surface area contributed by atoms with Crippen molar-refractivity contribution in [2.24, 2.45) is 16.3 Å². The summed E-state index contributed by atoms with van der Waals surface area (Å²) in [6.07, 6.45) is 9.77. The summed E-state index contributed by atoms with van der Waals surface area (Å²) in [5.74, 6) is 2.22. The van der Waals surface area contributed by atoms with Crippen molar-refractivity contribution < 1.29 is 0 Å². The number of hydrogen-bond donors (Lipinski definition) is 1. The first kappa shape index (κ1) is 11.9. The number of amidine groups is 1. The van der Waals surface area contributed by atoms with Gasteiger partial charge in [-0.15, -0.1) is 0 Å². The van der Waals surface area contributed by atoms with Crippen molar-refractivity contribution in [3.63, 3.8) is 0 Å². The van der Waals surface area contributed by atoms with Crippen LogP contribution in [0.5, 0.6) is 0 Å². The SMILES string of the molecule is CC1(CN=C2NC3CCCC3CS2)CCCC1. The highest BCUT2D eigenvalue weighted by molar-refractivity contribution is 8.13. The highest BCUT2D eigenvalue weighted by atomic mass is 32.2. The molecular weight excluding hydrogens is 228 g/mol. The molecule has 1 aliphatic heterocycles. The highest BCUT2D eigenvalue weighted by Gasteiger charge is 2.33. The highest BCUT2D eigenvalue weighted by Crippen LogP contribution is 2.38. The van der Waals surface area contributed by atoms with Gasteiger partial charge < -0.3 is 5.32 Å². The lowest BCUT2D eigenvalue weighted by molar-refractivity contribution is 0.350. The van der Waals surface area contributed by atoms with Crippen molar-refractivity contribution in [1.82, 2.24) is 5.32 Å². The summed E-state index contributed by atoms with van der Waals surface area (Å²) in [6.45, 7) is 3.45. The Labute approximate surface area is 109 Å². The molecule has 1 N–H and O–H groups in total. The molecule has 0 aromatic carbocycles. The van der Waals surface area contributed by atoms with E-state index in [2.05, 4.69) is 12.2 Å². The third-order valence-corrected chi connectivity index (χ3v) is 5.93. The predicted octanol–water partition coefficient (Wildman–Crippen LogP) is 3.43. The average molecular weight is 252 g/mol. The van der Waals surface area contributed by atoms with Crippen LogP contribution < -0.4 is 5.32 Å². The number of rotatable bonds is 2. The number of hydrogen-bond acceptors (Lipinski definition) is 2. The Balaban J connectivity index is 1.57. The number of nitrogens with one attached hydrogen (secondary N) is 1.